The average molecular weight is 1450 g/mol. The van der Waals surface area contributed by atoms with Gasteiger partial charge in [-0.3, -0.25) is 0 Å². The lowest BCUT2D eigenvalue weighted by molar-refractivity contribution is 0.524. The molecule has 0 saturated heterocycles. The van der Waals surface area contributed by atoms with Crippen molar-refractivity contribution in [3.8, 4) is 83.5 Å². The molecule has 0 saturated carbocycles. The third-order valence-electron chi connectivity index (χ3n) is 21.9. The van der Waals surface area contributed by atoms with E-state index in [1.54, 1.807) is 24.3 Å². The molecule has 0 nitrogen and oxygen atoms in total. The molecule has 12 aromatic rings. The van der Waals surface area contributed by atoms with Crippen molar-refractivity contribution in [2.75, 3.05) is 0 Å². The van der Waals surface area contributed by atoms with E-state index in [0.717, 1.165) is 143 Å². The second-order valence-corrected chi connectivity index (χ2v) is 35.2. The summed E-state index contributed by atoms with van der Waals surface area (Å²) < 4.78 is 166. The van der Waals surface area contributed by atoms with Crippen molar-refractivity contribution in [1.29, 1.82) is 0 Å². The number of hydrogen-bond acceptors (Lipinski definition) is 8. The Morgan fingerprint density at radius 3 is 0.979 bits per heavy atom. The van der Waals surface area contributed by atoms with E-state index >= 15 is 0 Å². The summed E-state index contributed by atoms with van der Waals surface area (Å²) in [7, 11) is 0. The van der Waals surface area contributed by atoms with Crippen molar-refractivity contribution in [2.45, 2.75) is 131 Å². The maximum Gasteiger partial charge on any atom is 0.213 e. The van der Waals surface area contributed by atoms with Crippen LogP contribution < -0.4 is 0 Å². The van der Waals surface area contributed by atoms with E-state index in [1.807, 2.05) is 26.0 Å². The molecule has 0 aliphatic heterocycles. The zero-order valence-corrected chi connectivity index (χ0v) is 59.8. The van der Waals surface area contributed by atoms with Crippen LogP contribution in [0.15, 0.2) is 36.4 Å². The molecule has 20 rings (SSSR count). The molecular formula is C76H52F12S8. The topological polar surface area (TPSA) is 0 Å². The van der Waals surface area contributed by atoms with E-state index in [2.05, 4.69) is 69.2 Å². The van der Waals surface area contributed by atoms with Crippen molar-refractivity contribution >= 4 is 90.7 Å². The third-order valence-corrected chi connectivity index (χ3v) is 29.7. The van der Waals surface area contributed by atoms with Crippen LogP contribution in [-0.2, 0) is 36.5 Å². The van der Waals surface area contributed by atoms with E-state index in [9.17, 15) is 52.7 Å². The van der Waals surface area contributed by atoms with Crippen LogP contribution in [0, 0.1) is 106 Å². The Morgan fingerprint density at radius 2 is 0.625 bits per heavy atom. The van der Waals surface area contributed by atoms with Gasteiger partial charge in [-0.15, -0.1) is 90.7 Å². The minimum Gasteiger partial charge on any atom is -0.202 e. The van der Waals surface area contributed by atoms with Gasteiger partial charge in [0.25, 0.3) is 0 Å². The highest BCUT2D eigenvalue weighted by molar-refractivity contribution is 7.16. The van der Waals surface area contributed by atoms with Crippen LogP contribution in [0.25, 0.3) is 83.5 Å². The minimum atomic E-state index is -0.789. The molecular weight excluding hydrogens is 1400 g/mol. The largest absolute Gasteiger partial charge is 0.213 e. The van der Waals surface area contributed by atoms with Gasteiger partial charge in [-0.2, -0.15) is 35.1 Å². The Labute approximate surface area is 576 Å². The SMILES string of the molecule is Cc1c2c(c(C)c3c1-c1sc(F)c(F)c1C3)-c1sc(F)c(F)c1C2.Cc1c2c(c(C)c3c1C(C)(C)c1cc(F)sc1-3)C(C)(C)c1cc(F)sc1-2.Cc1c2c(c(C)c3c1C(C)c1cc(F)sc1-3)C(C)c1cc(F)sc1-2.Fc1sc2c(c1F)Cc1cc3c(cc1-2)Cc1c-3sc(F)c1F. The number of halogens is 12. The fourth-order valence-electron chi connectivity index (χ4n) is 17.7. The fourth-order valence-corrected chi connectivity index (χ4v) is 26.3. The molecule has 0 bridgehead atoms. The zero-order valence-electron chi connectivity index (χ0n) is 53.2. The zero-order chi connectivity index (χ0) is 67.8. The lowest BCUT2D eigenvalue weighted by Gasteiger charge is -2.29. The predicted octanol–water partition coefficient (Wildman–Crippen LogP) is 25.9. The number of rotatable bonds is 0. The minimum absolute atomic E-state index is 0.107. The standard InChI is InChI=1S/C22H20F2S2.C20H16F2S2.C18H10F4S2.C16H6F4S2/c1-9-15-18(22(5,6)11-7-13(23)25-19(11)15)10(2)16-17(9)21(3,4)12-8-14(24)26-20(12)16;1-7-11-5-13(21)23-19(11)17-10(4)16-8(2)12-6-14(22)24-20(12)18(16)9(3)15(7)17;1-5-7-3-9-13(19)18(22)24-16(9)12(7)6(2)8-4-10-14(20)17(21)23-15(10)11(5)8;17-11-9-3-5-1-7-6(2-8(5)14(9)22-16(11)20)4-10-12(18)15(19)21-13(7)10/h7-8H,1-6H3;5-8H,1-4H3;3-4H2,1-2H3;1-2H,3-4H2. The van der Waals surface area contributed by atoms with Gasteiger partial charge < -0.3 is 0 Å². The van der Waals surface area contributed by atoms with E-state index in [-0.39, 0.29) is 43.2 Å². The van der Waals surface area contributed by atoms with Crippen molar-refractivity contribution < 1.29 is 52.7 Å². The Morgan fingerprint density at radius 1 is 0.312 bits per heavy atom. The highest BCUT2D eigenvalue weighted by Gasteiger charge is 2.48. The van der Waals surface area contributed by atoms with Crippen LogP contribution >= 0.6 is 90.7 Å². The van der Waals surface area contributed by atoms with Crippen molar-refractivity contribution in [2.24, 2.45) is 0 Å². The Hall–Kier alpha value is -6.36. The van der Waals surface area contributed by atoms with Gasteiger partial charge in [0.2, 0.25) is 20.5 Å². The molecule has 0 N–H and O–H groups in total. The molecule has 2 unspecified atom stereocenters. The molecule has 8 aliphatic carbocycles. The highest BCUT2D eigenvalue weighted by atomic mass is 32.1. The Bertz CT molecular complexity index is 5240. The van der Waals surface area contributed by atoms with E-state index in [0.29, 0.717) is 67.4 Å². The maximum atomic E-state index is 14.1. The third kappa shape index (κ3) is 8.29. The number of fused-ring (bicyclic) bond motifs is 24. The molecule has 0 amide bonds. The van der Waals surface area contributed by atoms with Crippen LogP contribution in [-0.4, -0.2) is 0 Å². The summed E-state index contributed by atoms with van der Waals surface area (Å²) in [5.41, 5.74) is 29.4. The Balaban J connectivity index is 0.0000000969. The van der Waals surface area contributed by atoms with Gasteiger partial charge in [0.1, 0.15) is 0 Å². The molecule has 0 fully saturated rings. The second kappa shape index (κ2) is 21.1. The molecule has 488 valence electrons. The van der Waals surface area contributed by atoms with Crippen LogP contribution in [0.4, 0.5) is 52.7 Å². The summed E-state index contributed by atoms with van der Waals surface area (Å²) in [6.07, 6.45) is 1.33. The normalized spacial score (nSPS) is 16.5. The van der Waals surface area contributed by atoms with Gasteiger partial charge >= 0.3 is 0 Å². The molecule has 0 spiro atoms. The van der Waals surface area contributed by atoms with Crippen molar-refractivity contribution in [3.63, 3.8) is 0 Å². The maximum absolute atomic E-state index is 14.1. The van der Waals surface area contributed by atoms with Crippen LogP contribution in [0.3, 0.4) is 0 Å². The number of hydrogen-bond donors (Lipinski definition) is 0. The molecule has 96 heavy (non-hydrogen) atoms. The molecule has 8 aromatic heterocycles. The molecule has 0 radical (unpaired) electrons. The summed E-state index contributed by atoms with van der Waals surface area (Å²) in [4.78, 5) is 6.85. The van der Waals surface area contributed by atoms with E-state index in [4.69, 9.17) is 0 Å². The number of benzene rings is 4. The van der Waals surface area contributed by atoms with Gasteiger partial charge in [-0.25, -0.2) is 17.6 Å². The molecule has 2 atom stereocenters. The van der Waals surface area contributed by atoms with Gasteiger partial charge in [-0.05, 0) is 223 Å². The summed E-state index contributed by atoms with van der Waals surface area (Å²) in [6.45, 7) is 25.5. The van der Waals surface area contributed by atoms with Crippen LogP contribution in [0.5, 0.6) is 0 Å². The molecule has 8 aliphatic rings. The lowest BCUT2D eigenvalue weighted by atomic mass is 9.74. The fraction of sp³-hybridized carbons (Fsp3) is 0.263. The first-order valence-corrected chi connectivity index (χ1v) is 37.7. The Kier molecular flexibility index (Phi) is 13.9. The van der Waals surface area contributed by atoms with Crippen LogP contribution in [0.1, 0.15) is 176 Å². The highest BCUT2D eigenvalue weighted by Crippen LogP contribution is 2.64. The van der Waals surface area contributed by atoms with E-state index < -0.39 is 43.8 Å². The second-order valence-electron chi connectivity index (χ2n) is 27.3. The van der Waals surface area contributed by atoms with Crippen molar-refractivity contribution in [3.05, 3.63) is 223 Å². The molecule has 4 aromatic carbocycles. The predicted molar refractivity (Wildman–Crippen MR) is 371 cm³/mol. The number of thiophene rings is 8. The first kappa shape index (κ1) is 63.1. The smallest absolute Gasteiger partial charge is 0.202 e. The first-order chi connectivity index (χ1) is 45.4. The monoisotopic (exact) mass is 1450 g/mol. The summed E-state index contributed by atoms with van der Waals surface area (Å²) in [5, 5.41) is -3.59. The van der Waals surface area contributed by atoms with E-state index in [1.165, 1.54) is 112 Å². The van der Waals surface area contributed by atoms with Gasteiger partial charge in [-0.1, -0.05) is 41.5 Å². The quantitative estimate of drug-likeness (QED) is 0.133. The average Bonchev–Trinajstić information content (AvgIpc) is 1.53. The first-order valence-electron chi connectivity index (χ1n) is 31.1. The van der Waals surface area contributed by atoms with Crippen LogP contribution in [0.2, 0.25) is 0 Å². The van der Waals surface area contributed by atoms with Gasteiger partial charge in [0.05, 0.1) is 0 Å². The lowest BCUT2D eigenvalue weighted by Crippen LogP contribution is -2.20. The van der Waals surface area contributed by atoms with Crippen molar-refractivity contribution in [1.82, 2.24) is 0 Å². The summed E-state index contributed by atoms with van der Waals surface area (Å²) >= 11 is 8.31. The summed E-state index contributed by atoms with van der Waals surface area (Å²) in [6, 6.07) is 10.5. The molecule has 8 heterocycles. The summed E-state index contributed by atoms with van der Waals surface area (Å²) in [5.74, 6) is -2.68. The molecule has 20 heteroatoms. The van der Waals surface area contributed by atoms with Gasteiger partial charge in [0, 0.05) is 110 Å². The van der Waals surface area contributed by atoms with Gasteiger partial charge in [0.15, 0.2) is 43.8 Å².